The Morgan fingerprint density at radius 1 is 1.27 bits per heavy atom. The summed E-state index contributed by atoms with van der Waals surface area (Å²) >= 11 is 5.82. The highest BCUT2D eigenvalue weighted by atomic mass is 35.5. The first-order valence-corrected chi connectivity index (χ1v) is 8.41. The monoisotopic (exact) mass is 384 g/mol. The minimum atomic E-state index is -4.45. The molecule has 1 aliphatic rings. The van der Waals surface area contributed by atoms with E-state index in [1.54, 1.807) is 29.2 Å². The van der Waals surface area contributed by atoms with E-state index in [0.717, 1.165) is 23.9 Å². The van der Waals surface area contributed by atoms with Crippen LogP contribution in [0.1, 0.15) is 17.5 Å². The Morgan fingerprint density at radius 3 is 2.69 bits per heavy atom. The van der Waals surface area contributed by atoms with Crippen molar-refractivity contribution in [3.05, 3.63) is 58.7 Å². The lowest BCUT2D eigenvalue weighted by Crippen LogP contribution is -2.32. The normalized spacial score (nSPS) is 17.4. The van der Waals surface area contributed by atoms with Crippen molar-refractivity contribution in [2.24, 2.45) is 0 Å². The molecule has 0 saturated carbocycles. The standard InChI is InChI=1S/C18H16ClF3N2O2/c19-14-3-1-12(2-4-14)9-17(25)24-8-6-15(11-24)26-16-10-13(5-7-23-16)18(20,21)22/h1-5,7,10,15H,6,8-9,11H2. The Morgan fingerprint density at radius 2 is 2.00 bits per heavy atom. The van der Waals surface area contributed by atoms with Crippen molar-refractivity contribution in [2.75, 3.05) is 13.1 Å². The molecular weight excluding hydrogens is 369 g/mol. The third-order valence-electron chi connectivity index (χ3n) is 4.12. The summed E-state index contributed by atoms with van der Waals surface area (Å²) in [5, 5.41) is 0.601. The number of pyridine rings is 1. The average molecular weight is 385 g/mol. The molecule has 1 fully saturated rings. The molecule has 1 aliphatic heterocycles. The Labute approximate surface area is 153 Å². The lowest BCUT2D eigenvalue weighted by atomic mass is 10.1. The maximum Gasteiger partial charge on any atom is 0.416 e. The second-order valence-electron chi connectivity index (χ2n) is 6.05. The van der Waals surface area contributed by atoms with Gasteiger partial charge in [-0.05, 0) is 23.8 Å². The molecule has 138 valence electrons. The summed E-state index contributed by atoms with van der Waals surface area (Å²) in [7, 11) is 0. The van der Waals surface area contributed by atoms with Crippen molar-refractivity contribution in [3.8, 4) is 5.88 Å². The van der Waals surface area contributed by atoms with E-state index >= 15 is 0 Å². The number of halogens is 4. The fourth-order valence-electron chi connectivity index (χ4n) is 2.76. The molecule has 1 saturated heterocycles. The van der Waals surface area contributed by atoms with Crippen LogP contribution in [0.2, 0.25) is 5.02 Å². The predicted molar refractivity (Wildman–Crippen MR) is 90.0 cm³/mol. The number of nitrogens with zero attached hydrogens (tertiary/aromatic N) is 2. The Balaban J connectivity index is 1.57. The van der Waals surface area contributed by atoms with E-state index < -0.39 is 11.7 Å². The molecule has 1 aromatic heterocycles. The second-order valence-corrected chi connectivity index (χ2v) is 6.49. The van der Waals surface area contributed by atoms with Crippen molar-refractivity contribution >= 4 is 17.5 Å². The van der Waals surface area contributed by atoms with Gasteiger partial charge in [0, 0.05) is 30.3 Å². The highest BCUT2D eigenvalue weighted by Gasteiger charge is 2.32. The maximum atomic E-state index is 12.7. The molecule has 2 heterocycles. The summed E-state index contributed by atoms with van der Waals surface area (Å²) in [6.45, 7) is 0.820. The van der Waals surface area contributed by atoms with Crippen LogP contribution in [0.15, 0.2) is 42.6 Å². The van der Waals surface area contributed by atoms with Crippen molar-refractivity contribution in [3.63, 3.8) is 0 Å². The first-order valence-electron chi connectivity index (χ1n) is 8.03. The predicted octanol–water partition coefficient (Wildman–Crippen LogP) is 3.98. The fourth-order valence-corrected chi connectivity index (χ4v) is 2.89. The number of aromatic nitrogens is 1. The molecule has 1 aromatic carbocycles. The molecule has 0 bridgehead atoms. The number of rotatable bonds is 4. The topological polar surface area (TPSA) is 42.4 Å². The number of likely N-dealkylation sites (tertiary alicyclic amines) is 1. The fraction of sp³-hybridized carbons (Fsp3) is 0.333. The molecule has 0 radical (unpaired) electrons. The number of amides is 1. The minimum absolute atomic E-state index is 0.0598. The van der Waals surface area contributed by atoms with Crippen molar-refractivity contribution in [2.45, 2.75) is 25.1 Å². The highest BCUT2D eigenvalue weighted by Crippen LogP contribution is 2.31. The van der Waals surface area contributed by atoms with Crippen molar-refractivity contribution in [1.82, 2.24) is 9.88 Å². The summed E-state index contributed by atoms with van der Waals surface area (Å²) in [4.78, 5) is 17.8. The number of hydrogen-bond acceptors (Lipinski definition) is 3. The van der Waals surface area contributed by atoms with E-state index in [1.807, 2.05) is 0 Å². The summed E-state index contributed by atoms with van der Waals surface area (Å²) in [5.74, 6) is -0.146. The molecular formula is C18H16ClF3N2O2. The zero-order valence-electron chi connectivity index (χ0n) is 13.7. The summed E-state index contributed by atoms with van der Waals surface area (Å²) < 4.78 is 43.7. The van der Waals surface area contributed by atoms with Crippen LogP contribution in [-0.4, -0.2) is 35.0 Å². The van der Waals surface area contributed by atoms with Crippen LogP contribution in [0, 0.1) is 0 Å². The number of alkyl halides is 3. The quantitative estimate of drug-likeness (QED) is 0.801. The first kappa shape index (κ1) is 18.5. The van der Waals surface area contributed by atoms with Gasteiger partial charge in [-0.25, -0.2) is 4.98 Å². The van der Waals surface area contributed by atoms with Gasteiger partial charge in [-0.3, -0.25) is 4.79 Å². The molecule has 26 heavy (non-hydrogen) atoms. The van der Waals surface area contributed by atoms with E-state index in [2.05, 4.69) is 4.98 Å². The molecule has 1 amide bonds. The average Bonchev–Trinajstić information content (AvgIpc) is 3.05. The Kier molecular flexibility index (Phi) is 5.36. The second kappa shape index (κ2) is 7.53. The number of ether oxygens (including phenoxy) is 1. The Bertz CT molecular complexity index is 781. The first-order chi connectivity index (χ1) is 12.3. The molecule has 4 nitrogen and oxygen atoms in total. The van der Waals surface area contributed by atoms with Gasteiger partial charge in [-0.2, -0.15) is 13.2 Å². The Hall–Kier alpha value is -2.28. The van der Waals surface area contributed by atoms with Crippen LogP contribution >= 0.6 is 11.6 Å². The SMILES string of the molecule is O=C(Cc1ccc(Cl)cc1)N1CCC(Oc2cc(C(F)(F)F)ccn2)C1. The molecule has 8 heteroatoms. The summed E-state index contributed by atoms with van der Waals surface area (Å²) in [5.41, 5.74) is 0.0412. The summed E-state index contributed by atoms with van der Waals surface area (Å²) in [6, 6.07) is 8.79. The minimum Gasteiger partial charge on any atom is -0.472 e. The lowest BCUT2D eigenvalue weighted by molar-refractivity contribution is -0.137. The van der Waals surface area contributed by atoms with Gasteiger partial charge >= 0.3 is 6.18 Å². The number of benzene rings is 1. The molecule has 1 atom stereocenters. The van der Waals surface area contributed by atoms with E-state index in [0.29, 0.717) is 24.5 Å². The number of hydrogen-bond donors (Lipinski definition) is 0. The van der Waals surface area contributed by atoms with Gasteiger partial charge in [0.15, 0.2) is 0 Å². The van der Waals surface area contributed by atoms with E-state index in [4.69, 9.17) is 16.3 Å². The highest BCUT2D eigenvalue weighted by molar-refractivity contribution is 6.30. The van der Waals surface area contributed by atoms with Gasteiger partial charge in [-0.15, -0.1) is 0 Å². The van der Waals surface area contributed by atoms with Crippen LogP contribution in [0.5, 0.6) is 5.88 Å². The molecule has 3 rings (SSSR count). The van der Waals surface area contributed by atoms with Gasteiger partial charge in [-0.1, -0.05) is 23.7 Å². The number of carbonyl (C=O) groups is 1. The van der Waals surface area contributed by atoms with Crippen LogP contribution in [0.25, 0.3) is 0 Å². The maximum absolute atomic E-state index is 12.7. The zero-order chi connectivity index (χ0) is 18.7. The molecule has 2 aromatic rings. The number of carbonyl (C=O) groups excluding carboxylic acids is 1. The molecule has 0 aliphatic carbocycles. The van der Waals surface area contributed by atoms with E-state index in [1.165, 1.54) is 0 Å². The van der Waals surface area contributed by atoms with Crippen molar-refractivity contribution < 1.29 is 22.7 Å². The van der Waals surface area contributed by atoms with Crippen molar-refractivity contribution in [1.29, 1.82) is 0 Å². The largest absolute Gasteiger partial charge is 0.472 e. The van der Waals surface area contributed by atoms with Gasteiger partial charge in [0.1, 0.15) is 6.10 Å². The van der Waals surface area contributed by atoms with E-state index in [-0.39, 0.29) is 24.3 Å². The smallest absolute Gasteiger partial charge is 0.416 e. The van der Waals surface area contributed by atoms with Gasteiger partial charge in [0.2, 0.25) is 11.8 Å². The van der Waals surface area contributed by atoms with Crippen LogP contribution in [0.4, 0.5) is 13.2 Å². The molecule has 1 unspecified atom stereocenters. The third kappa shape index (κ3) is 4.66. The van der Waals surface area contributed by atoms with Crippen LogP contribution in [0.3, 0.4) is 0 Å². The third-order valence-corrected chi connectivity index (χ3v) is 4.37. The van der Waals surface area contributed by atoms with Gasteiger partial charge in [0.25, 0.3) is 0 Å². The lowest BCUT2D eigenvalue weighted by Gasteiger charge is -2.17. The van der Waals surface area contributed by atoms with Gasteiger partial charge < -0.3 is 9.64 Å². The molecule has 0 spiro atoms. The zero-order valence-corrected chi connectivity index (χ0v) is 14.4. The van der Waals surface area contributed by atoms with Crippen LogP contribution < -0.4 is 4.74 Å². The summed E-state index contributed by atoms with van der Waals surface area (Å²) in [6.07, 6.45) is -2.97. The van der Waals surface area contributed by atoms with Crippen LogP contribution in [-0.2, 0) is 17.4 Å². The molecule has 0 N–H and O–H groups in total. The van der Waals surface area contributed by atoms with E-state index in [9.17, 15) is 18.0 Å². The van der Waals surface area contributed by atoms with Gasteiger partial charge in [0.05, 0.1) is 18.5 Å².